The van der Waals surface area contributed by atoms with E-state index in [1.165, 1.54) is 0 Å². The normalized spacial score (nSPS) is 13.6. The third-order valence-electron chi connectivity index (χ3n) is 2.62. The Morgan fingerprint density at radius 2 is 1.20 bits per heavy atom. The molecule has 0 aliphatic rings. The first-order valence-corrected chi connectivity index (χ1v) is 8.01. The first-order valence-electron chi connectivity index (χ1n) is 7.14. The molecule has 0 radical (unpaired) electrons. The fourth-order valence-corrected chi connectivity index (χ4v) is 2.04. The largest absolute Gasteiger partial charge is 0.465 e. The highest BCUT2D eigenvalue weighted by Gasteiger charge is 2.16. The van der Waals surface area contributed by atoms with Gasteiger partial charge in [-0.1, -0.05) is 26.7 Å². The predicted octanol–water partition coefficient (Wildman–Crippen LogP) is 3.67. The summed E-state index contributed by atoms with van der Waals surface area (Å²) in [6, 6.07) is 0. The highest BCUT2D eigenvalue weighted by Crippen LogP contribution is 2.09. The van der Waals surface area contributed by atoms with E-state index in [0.29, 0.717) is 38.9 Å². The van der Waals surface area contributed by atoms with Gasteiger partial charge in [-0.25, -0.2) is 0 Å². The van der Waals surface area contributed by atoms with Crippen molar-refractivity contribution in [1.29, 1.82) is 0 Å². The van der Waals surface area contributed by atoms with E-state index < -0.39 is 10.8 Å². The third kappa shape index (κ3) is 9.43. The summed E-state index contributed by atoms with van der Waals surface area (Å²) in [6.45, 7) is 4.50. The summed E-state index contributed by atoms with van der Waals surface area (Å²) < 4.78 is 10.0. The van der Waals surface area contributed by atoms with Gasteiger partial charge in [-0.3, -0.25) is 9.59 Å². The summed E-state index contributed by atoms with van der Waals surface area (Å²) in [5.74, 6) is -0.761. The Kier molecular flexibility index (Phi) is 12.0. The molecule has 6 heteroatoms. The molecule has 2 atom stereocenters. The fraction of sp³-hybridized carbons (Fsp3) is 0.857. The molecule has 0 rings (SSSR count). The number of esters is 2. The van der Waals surface area contributed by atoms with Crippen LogP contribution in [0.5, 0.6) is 0 Å². The zero-order valence-electron chi connectivity index (χ0n) is 12.2. The molecule has 4 nitrogen and oxygen atoms in total. The average molecular weight is 327 g/mol. The minimum atomic E-state index is -0.566. The van der Waals surface area contributed by atoms with Gasteiger partial charge in [0.15, 0.2) is 0 Å². The molecule has 0 heterocycles. The van der Waals surface area contributed by atoms with Crippen LogP contribution in [0.25, 0.3) is 0 Å². The molecule has 0 aliphatic carbocycles. The van der Waals surface area contributed by atoms with Gasteiger partial charge in [-0.05, 0) is 25.7 Å². The van der Waals surface area contributed by atoms with Crippen molar-refractivity contribution in [1.82, 2.24) is 0 Å². The van der Waals surface area contributed by atoms with E-state index in [2.05, 4.69) is 0 Å². The molecule has 0 spiro atoms. The SMILES string of the molecule is CCCC(Cl)C(=O)OCCCCOC(=O)C(Cl)CCC. The number of unbranched alkanes of at least 4 members (excludes halogenated alkanes) is 1. The van der Waals surface area contributed by atoms with Gasteiger partial charge < -0.3 is 9.47 Å². The van der Waals surface area contributed by atoms with Crippen molar-refractivity contribution in [2.24, 2.45) is 0 Å². The van der Waals surface area contributed by atoms with Crippen LogP contribution in [0.3, 0.4) is 0 Å². The fourth-order valence-electron chi connectivity index (χ4n) is 1.47. The van der Waals surface area contributed by atoms with E-state index in [9.17, 15) is 9.59 Å². The van der Waals surface area contributed by atoms with Crippen molar-refractivity contribution in [3.63, 3.8) is 0 Å². The summed E-state index contributed by atoms with van der Waals surface area (Å²) in [5.41, 5.74) is 0. The van der Waals surface area contributed by atoms with Gasteiger partial charge in [0.2, 0.25) is 0 Å². The van der Waals surface area contributed by atoms with Crippen LogP contribution in [-0.2, 0) is 19.1 Å². The van der Waals surface area contributed by atoms with Gasteiger partial charge in [0.1, 0.15) is 10.8 Å². The summed E-state index contributed by atoms with van der Waals surface area (Å²) in [4.78, 5) is 22.8. The topological polar surface area (TPSA) is 52.6 Å². The molecule has 20 heavy (non-hydrogen) atoms. The van der Waals surface area contributed by atoms with Crippen LogP contribution in [0, 0.1) is 0 Å². The number of halogens is 2. The molecule has 0 N–H and O–H groups in total. The van der Waals surface area contributed by atoms with Gasteiger partial charge in [0.05, 0.1) is 13.2 Å². The second-order valence-corrected chi connectivity index (χ2v) is 5.61. The highest BCUT2D eigenvalue weighted by atomic mass is 35.5. The highest BCUT2D eigenvalue weighted by molar-refractivity contribution is 6.30. The molecule has 0 aromatic carbocycles. The Morgan fingerprint density at radius 1 is 0.850 bits per heavy atom. The van der Waals surface area contributed by atoms with Crippen LogP contribution < -0.4 is 0 Å². The van der Waals surface area contributed by atoms with Crippen LogP contribution >= 0.6 is 23.2 Å². The van der Waals surface area contributed by atoms with Crippen molar-refractivity contribution in [3.05, 3.63) is 0 Å². The molecule has 0 aromatic rings. The number of carbonyl (C=O) groups excluding carboxylic acids is 2. The molecule has 0 bridgehead atoms. The third-order valence-corrected chi connectivity index (χ3v) is 3.42. The van der Waals surface area contributed by atoms with Crippen molar-refractivity contribution >= 4 is 35.1 Å². The van der Waals surface area contributed by atoms with Crippen molar-refractivity contribution < 1.29 is 19.1 Å². The van der Waals surface area contributed by atoms with Crippen molar-refractivity contribution in [3.8, 4) is 0 Å². The Morgan fingerprint density at radius 3 is 1.50 bits per heavy atom. The molecule has 0 aromatic heterocycles. The number of hydrogen-bond donors (Lipinski definition) is 0. The number of ether oxygens (including phenoxy) is 2. The quantitative estimate of drug-likeness (QED) is 0.330. The zero-order chi connectivity index (χ0) is 15.4. The second-order valence-electron chi connectivity index (χ2n) is 4.55. The number of alkyl halides is 2. The molecule has 0 amide bonds. The van der Waals surface area contributed by atoms with Crippen LogP contribution in [0.4, 0.5) is 0 Å². The lowest BCUT2D eigenvalue weighted by atomic mass is 10.2. The maximum Gasteiger partial charge on any atom is 0.324 e. The minimum absolute atomic E-state index is 0.294. The van der Waals surface area contributed by atoms with Crippen molar-refractivity contribution in [2.75, 3.05) is 13.2 Å². The summed E-state index contributed by atoms with van der Waals surface area (Å²) in [7, 11) is 0. The van der Waals surface area contributed by atoms with E-state index in [-0.39, 0.29) is 11.9 Å². The first-order chi connectivity index (χ1) is 9.52. The van der Waals surface area contributed by atoms with Crippen molar-refractivity contribution in [2.45, 2.75) is 63.1 Å². The van der Waals surface area contributed by atoms with Gasteiger partial charge in [0.25, 0.3) is 0 Å². The van der Waals surface area contributed by atoms with E-state index >= 15 is 0 Å². The van der Waals surface area contributed by atoms with E-state index in [1.807, 2.05) is 13.8 Å². The Balaban J connectivity index is 3.53. The van der Waals surface area contributed by atoms with E-state index in [0.717, 1.165) is 12.8 Å². The average Bonchev–Trinajstić information content (AvgIpc) is 2.42. The minimum Gasteiger partial charge on any atom is -0.465 e. The van der Waals surface area contributed by atoms with E-state index in [1.54, 1.807) is 0 Å². The maximum atomic E-state index is 11.4. The van der Waals surface area contributed by atoms with Gasteiger partial charge in [0, 0.05) is 0 Å². The molecule has 0 fully saturated rings. The molecule has 0 saturated carbocycles. The lowest BCUT2D eigenvalue weighted by Gasteiger charge is -2.10. The second kappa shape index (κ2) is 12.3. The van der Waals surface area contributed by atoms with Gasteiger partial charge in [-0.2, -0.15) is 0 Å². The summed E-state index contributed by atoms with van der Waals surface area (Å²) >= 11 is 11.6. The molecular weight excluding hydrogens is 303 g/mol. The number of rotatable bonds is 11. The molecule has 118 valence electrons. The predicted molar refractivity (Wildman–Crippen MR) is 80.3 cm³/mol. The summed E-state index contributed by atoms with van der Waals surface area (Å²) in [6.07, 6.45) is 4.19. The Labute approximate surface area is 131 Å². The van der Waals surface area contributed by atoms with Crippen LogP contribution in [0.2, 0.25) is 0 Å². The zero-order valence-corrected chi connectivity index (χ0v) is 13.7. The molecule has 0 aliphatic heterocycles. The molecule has 0 saturated heterocycles. The van der Waals surface area contributed by atoms with Gasteiger partial charge >= 0.3 is 11.9 Å². The maximum absolute atomic E-state index is 11.4. The summed E-state index contributed by atoms with van der Waals surface area (Å²) in [5, 5.41) is -1.13. The Bertz CT molecular complexity index is 256. The van der Waals surface area contributed by atoms with Crippen LogP contribution in [0.15, 0.2) is 0 Å². The number of carbonyl (C=O) groups is 2. The van der Waals surface area contributed by atoms with E-state index in [4.69, 9.17) is 32.7 Å². The van der Waals surface area contributed by atoms with Gasteiger partial charge in [-0.15, -0.1) is 23.2 Å². The lowest BCUT2D eigenvalue weighted by molar-refractivity contribution is -0.145. The monoisotopic (exact) mass is 326 g/mol. The Hall–Kier alpha value is -0.480. The lowest BCUT2D eigenvalue weighted by Crippen LogP contribution is -2.19. The smallest absolute Gasteiger partial charge is 0.324 e. The standard InChI is InChI=1S/C14H24Cl2O4/c1-3-7-11(15)13(17)19-9-5-6-10-20-14(18)12(16)8-4-2/h11-12H,3-10H2,1-2H3. The molecular formula is C14H24Cl2O4. The molecule has 2 unspecified atom stereocenters. The van der Waals surface area contributed by atoms with Crippen LogP contribution in [-0.4, -0.2) is 35.9 Å². The first kappa shape index (κ1) is 19.5. The van der Waals surface area contributed by atoms with Crippen LogP contribution in [0.1, 0.15) is 52.4 Å². The number of hydrogen-bond acceptors (Lipinski definition) is 4.